The van der Waals surface area contributed by atoms with E-state index in [1.54, 1.807) is 7.11 Å². The molecule has 1 aromatic rings. The van der Waals surface area contributed by atoms with Crippen LogP contribution in [0.1, 0.15) is 69.8 Å². The Morgan fingerprint density at radius 2 is 1.87 bits per heavy atom. The van der Waals surface area contributed by atoms with Gasteiger partial charge in [0.25, 0.3) is 0 Å². The van der Waals surface area contributed by atoms with E-state index >= 15 is 0 Å². The molecule has 1 fully saturated rings. The van der Waals surface area contributed by atoms with Gasteiger partial charge in [-0.05, 0) is 49.4 Å². The summed E-state index contributed by atoms with van der Waals surface area (Å²) in [5.74, 6) is 1.08. The molecule has 0 bridgehead atoms. The lowest BCUT2D eigenvalue weighted by Crippen LogP contribution is -2.42. The van der Waals surface area contributed by atoms with Crippen LogP contribution in [0, 0.1) is 0 Å². The third kappa shape index (κ3) is 6.73. The zero-order valence-electron chi connectivity index (χ0n) is 18.3. The van der Waals surface area contributed by atoms with Gasteiger partial charge in [-0.2, -0.15) is 0 Å². The molecule has 6 heteroatoms. The van der Waals surface area contributed by atoms with E-state index in [2.05, 4.69) is 10.2 Å². The first-order valence-electron chi connectivity index (χ1n) is 11.5. The lowest BCUT2D eigenvalue weighted by Gasteiger charge is -2.33. The quantitative estimate of drug-likeness (QED) is 0.609. The Morgan fingerprint density at radius 3 is 2.63 bits per heavy atom. The number of hydrogen-bond acceptors (Lipinski definition) is 4. The summed E-state index contributed by atoms with van der Waals surface area (Å²) in [5.41, 5.74) is 1.99. The molecule has 0 saturated heterocycles. The van der Waals surface area contributed by atoms with Crippen LogP contribution in [0.5, 0.6) is 5.75 Å². The van der Waals surface area contributed by atoms with Gasteiger partial charge < -0.3 is 19.7 Å². The number of carbonyl (C=O) groups is 2. The van der Waals surface area contributed by atoms with Crippen LogP contribution in [0.15, 0.2) is 18.2 Å². The molecule has 1 aromatic carbocycles. The van der Waals surface area contributed by atoms with Crippen LogP contribution >= 0.6 is 0 Å². The summed E-state index contributed by atoms with van der Waals surface area (Å²) in [4.78, 5) is 26.5. The molecule has 1 aliphatic heterocycles. The molecule has 0 unspecified atom stereocenters. The molecule has 3 rings (SSSR count). The van der Waals surface area contributed by atoms with Crippen LogP contribution in [-0.2, 0) is 20.7 Å². The van der Waals surface area contributed by atoms with Crippen LogP contribution in [0.2, 0.25) is 0 Å². The maximum atomic E-state index is 13.0. The number of nitrogens with zero attached hydrogens (tertiary/aromatic N) is 1. The number of rotatable bonds is 9. The fraction of sp³-hybridized carbons (Fsp3) is 0.667. The Hall–Kier alpha value is -2.08. The van der Waals surface area contributed by atoms with Crippen LogP contribution in [0.3, 0.4) is 0 Å². The van der Waals surface area contributed by atoms with Gasteiger partial charge in [-0.1, -0.05) is 32.1 Å². The summed E-state index contributed by atoms with van der Waals surface area (Å²) >= 11 is 0. The zero-order chi connectivity index (χ0) is 21.2. The van der Waals surface area contributed by atoms with E-state index in [1.165, 1.54) is 32.1 Å². The molecule has 1 aliphatic carbocycles. The van der Waals surface area contributed by atoms with Gasteiger partial charge in [-0.3, -0.25) is 9.59 Å². The molecule has 0 atom stereocenters. The van der Waals surface area contributed by atoms with Gasteiger partial charge in [0.05, 0.1) is 13.2 Å². The number of ether oxygens (including phenoxy) is 2. The molecule has 166 valence electrons. The number of benzene rings is 1. The molecule has 2 aliphatic rings. The number of fused-ring (bicyclic) bond motifs is 1. The van der Waals surface area contributed by atoms with Crippen molar-refractivity contribution in [3.05, 3.63) is 23.8 Å². The first-order valence-corrected chi connectivity index (χ1v) is 11.5. The Balaban J connectivity index is 1.47. The second kappa shape index (κ2) is 11.9. The number of nitrogens with one attached hydrogen (secondary N) is 1. The van der Waals surface area contributed by atoms with E-state index in [0.717, 1.165) is 36.3 Å². The summed E-state index contributed by atoms with van der Waals surface area (Å²) in [6.07, 6.45) is 11.0. The van der Waals surface area contributed by atoms with E-state index in [0.29, 0.717) is 45.1 Å². The predicted octanol–water partition coefficient (Wildman–Crippen LogP) is 4.32. The molecule has 0 aromatic heterocycles. The van der Waals surface area contributed by atoms with Gasteiger partial charge in [0.1, 0.15) is 5.75 Å². The maximum absolute atomic E-state index is 13.0. The van der Waals surface area contributed by atoms with Crippen molar-refractivity contribution in [3.8, 4) is 5.75 Å². The molecule has 30 heavy (non-hydrogen) atoms. The normalized spacial score (nSPS) is 17.4. The Kier molecular flexibility index (Phi) is 9.00. The average Bonchev–Trinajstić information content (AvgIpc) is 2.72. The highest BCUT2D eigenvalue weighted by molar-refractivity contribution is 5.94. The first kappa shape index (κ1) is 22.6. The monoisotopic (exact) mass is 416 g/mol. The summed E-state index contributed by atoms with van der Waals surface area (Å²) in [5, 5.41) is 2.88. The summed E-state index contributed by atoms with van der Waals surface area (Å²) < 4.78 is 11.1. The maximum Gasteiger partial charge on any atom is 0.224 e. The second-order valence-electron chi connectivity index (χ2n) is 8.40. The molecule has 0 radical (unpaired) electrons. The van der Waals surface area contributed by atoms with Crippen LogP contribution in [0.25, 0.3) is 0 Å². The Labute approximate surface area is 180 Å². The number of carbonyl (C=O) groups excluding carboxylic acids is 2. The van der Waals surface area contributed by atoms with Crippen molar-refractivity contribution >= 4 is 17.5 Å². The van der Waals surface area contributed by atoms with Gasteiger partial charge in [0.2, 0.25) is 11.8 Å². The number of hydrogen-bond donors (Lipinski definition) is 1. The van der Waals surface area contributed by atoms with Gasteiger partial charge >= 0.3 is 0 Å². The van der Waals surface area contributed by atoms with Crippen molar-refractivity contribution in [3.63, 3.8) is 0 Å². The smallest absolute Gasteiger partial charge is 0.224 e. The minimum Gasteiger partial charge on any atom is -0.494 e. The van der Waals surface area contributed by atoms with Crippen LogP contribution in [-0.4, -0.2) is 49.6 Å². The van der Waals surface area contributed by atoms with Gasteiger partial charge in [-0.25, -0.2) is 0 Å². The highest BCUT2D eigenvalue weighted by Crippen LogP contribution is 2.27. The minimum absolute atomic E-state index is 0.0667. The van der Waals surface area contributed by atoms with Crippen LogP contribution < -0.4 is 10.1 Å². The summed E-state index contributed by atoms with van der Waals surface area (Å²) in [7, 11) is 1.69. The highest BCUT2D eigenvalue weighted by atomic mass is 16.5. The average molecular weight is 417 g/mol. The van der Waals surface area contributed by atoms with Crippen molar-refractivity contribution in [2.24, 2.45) is 0 Å². The number of amides is 2. The highest BCUT2D eigenvalue weighted by Gasteiger charge is 2.23. The molecular formula is C24H36N2O4. The fourth-order valence-corrected chi connectivity index (χ4v) is 4.45. The number of anilines is 1. The van der Waals surface area contributed by atoms with Crippen molar-refractivity contribution in [2.75, 3.05) is 32.2 Å². The fourth-order valence-electron chi connectivity index (χ4n) is 4.45. The minimum atomic E-state index is 0.0667. The number of methoxy groups -OCH3 is 1. The van der Waals surface area contributed by atoms with E-state index in [-0.39, 0.29) is 11.8 Å². The summed E-state index contributed by atoms with van der Waals surface area (Å²) in [6.45, 7) is 1.78. The molecule has 2 amide bonds. The van der Waals surface area contributed by atoms with Gasteiger partial charge in [0, 0.05) is 38.2 Å². The molecule has 1 heterocycles. The van der Waals surface area contributed by atoms with Gasteiger partial charge in [-0.15, -0.1) is 0 Å². The standard InChI is InChI=1S/C24H36N2O4/c1-29-17-15-26(20-8-5-3-2-4-6-9-20)24(28)10-7-16-30-21-12-13-22-19(18-21)11-14-23(27)25-22/h12-13,18,20H,2-11,14-17H2,1H3,(H,25,27). The van der Waals surface area contributed by atoms with E-state index < -0.39 is 0 Å². The third-order valence-electron chi connectivity index (χ3n) is 6.15. The summed E-state index contributed by atoms with van der Waals surface area (Å²) in [6, 6.07) is 6.13. The SMILES string of the molecule is COCCN(C(=O)CCCOc1ccc2c(c1)CCC(=O)N2)C1CCCCCCC1. The largest absolute Gasteiger partial charge is 0.494 e. The van der Waals surface area contributed by atoms with Crippen LogP contribution in [0.4, 0.5) is 5.69 Å². The number of aryl methyl sites for hydroxylation is 1. The lowest BCUT2D eigenvalue weighted by atomic mass is 9.95. The van der Waals surface area contributed by atoms with E-state index in [1.807, 2.05) is 18.2 Å². The first-order chi connectivity index (χ1) is 14.7. The molecular weight excluding hydrogens is 380 g/mol. The topological polar surface area (TPSA) is 67.9 Å². The predicted molar refractivity (Wildman–Crippen MR) is 118 cm³/mol. The van der Waals surface area contributed by atoms with Crippen molar-refractivity contribution in [1.82, 2.24) is 4.90 Å². The molecule has 1 saturated carbocycles. The Bertz CT molecular complexity index is 698. The second-order valence-corrected chi connectivity index (χ2v) is 8.40. The van der Waals surface area contributed by atoms with Gasteiger partial charge in [0.15, 0.2) is 0 Å². The molecule has 0 spiro atoms. The van der Waals surface area contributed by atoms with Crippen molar-refractivity contribution < 1.29 is 19.1 Å². The molecule has 1 N–H and O–H groups in total. The van der Waals surface area contributed by atoms with E-state index in [9.17, 15) is 9.59 Å². The van der Waals surface area contributed by atoms with Crippen molar-refractivity contribution in [2.45, 2.75) is 76.7 Å². The molecule has 6 nitrogen and oxygen atoms in total. The van der Waals surface area contributed by atoms with Crippen molar-refractivity contribution in [1.29, 1.82) is 0 Å². The Morgan fingerprint density at radius 1 is 1.10 bits per heavy atom. The zero-order valence-corrected chi connectivity index (χ0v) is 18.3. The third-order valence-corrected chi connectivity index (χ3v) is 6.15. The lowest BCUT2D eigenvalue weighted by molar-refractivity contribution is -0.135. The van der Waals surface area contributed by atoms with E-state index in [4.69, 9.17) is 9.47 Å².